The summed E-state index contributed by atoms with van der Waals surface area (Å²) in [5.41, 5.74) is 2.43. The lowest BCUT2D eigenvalue weighted by molar-refractivity contribution is -0.132. The predicted molar refractivity (Wildman–Crippen MR) is 128 cm³/mol. The molecule has 9 heteroatoms. The zero-order chi connectivity index (χ0) is 24.4. The van der Waals surface area contributed by atoms with Gasteiger partial charge in [0.2, 0.25) is 5.91 Å². The highest BCUT2D eigenvalue weighted by molar-refractivity contribution is 5.95. The summed E-state index contributed by atoms with van der Waals surface area (Å²) in [7, 11) is 0. The highest BCUT2D eigenvalue weighted by Crippen LogP contribution is 2.41. The van der Waals surface area contributed by atoms with Crippen molar-refractivity contribution in [1.29, 1.82) is 0 Å². The van der Waals surface area contributed by atoms with E-state index in [-0.39, 0.29) is 29.5 Å². The average molecular weight is 476 g/mol. The fourth-order valence-corrected chi connectivity index (χ4v) is 5.13. The minimum Gasteiger partial charge on any atom is -0.459 e. The van der Waals surface area contributed by atoms with Gasteiger partial charge in [-0.15, -0.1) is 0 Å². The van der Waals surface area contributed by atoms with E-state index in [9.17, 15) is 14.4 Å². The first-order valence-electron chi connectivity index (χ1n) is 11.9. The van der Waals surface area contributed by atoms with Gasteiger partial charge in [0.05, 0.1) is 35.9 Å². The Kier molecular flexibility index (Phi) is 6.15. The van der Waals surface area contributed by atoms with Crippen molar-refractivity contribution in [2.45, 2.75) is 26.2 Å². The summed E-state index contributed by atoms with van der Waals surface area (Å²) in [5.74, 6) is -0.293. The maximum Gasteiger partial charge on any atom is 0.287 e. The number of amides is 3. The van der Waals surface area contributed by atoms with Crippen molar-refractivity contribution >= 4 is 17.7 Å². The Morgan fingerprint density at radius 3 is 2.40 bits per heavy atom. The van der Waals surface area contributed by atoms with Gasteiger partial charge in [0.1, 0.15) is 0 Å². The van der Waals surface area contributed by atoms with Crippen LogP contribution in [0.15, 0.2) is 59.3 Å². The zero-order valence-corrected chi connectivity index (χ0v) is 19.8. The van der Waals surface area contributed by atoms with E-state index in [2.05, 4.69) is 10.4 Å². The molecule has 2 aromatic heterocycles. The molecule has 0 unspecified atom stereocenters. The number of likely N-dealkylation sites (tertiary alicyclic amines) is 2. The number of benzene rings is 1. The Hall–Kier alpha value is -3.88. The zero-order valence-electron chi connectivity index (χ0n) is 19.8. The summed E-state index contributed by atoms with van der Waals surface area (Å²) in [6, 6.07) is 13.0. The second-order valence-electron chi connectivity index (χ2n) is 9.41. The first kappa shape index (κ1) is 22.9. The molecule has 3 aromatic rings. The van der Waals surface area contributed by atoms with E-state index in [1.54, 1.807) is 27.9 Å². The molecular weight excluding hydrogens is 446 g/mol. The number of hydrogen-bond acceptors (Lipinski definition) is 5. The minimum absolute atomic E-state index is 0.0145. The lowest BCUT2D eigenvalue weighted by Crippen LogP contribution is -2.47. The highest BCUT2D eigenvalue weighted by Gasteiger charge is 2.43. The monoisotopic (exact) mass is 475 g/mol. The first-order chi connectivity index (χ1) is 17.0. The van der Waals surface area contributed by atoms with Gasteiger partial charge in [-0.1, -0.05) is 18.2 Å². The smallest absolute Gasteiger partial charge is 0.287 e. The second kappa shape index (κ2) is 9.40. The van der Waals surface area contributed by atoms with Crippen molar-refractivity contribution in [3.05, 3.63) is 71.9 Å². The molecule has 0 radical (unpaired) electrons. The predicted octanol–water partition coefficient (Wildman–Crippen LogP) is 2.66. The van der Waals surface area contributed by atoms with Gasteiger partial charge in [-0.2, -0.15) is 5.10 Å². The molecule has 2 aliphatic rings. The Labute approximate surface area is 203 Å². The van der Waals surface area contributed by atoms with Gasteiger partial charge in [0.25, 0.3) is 11.8 Å². The van der Waals surface area contributed by atoms with Crippen LogP contribution in [0.5, 0.6) is 0 Å². The van der Waals surface area contributed by atoms with E-state index in [1.807, 2.05) is 42.2 Å². The summed E-state index contributed by atoms with van der Waals surface area (Å²) in [5, 5.41) is 7.06. The number of piperidine rings is 1. The molecule has 2 saturated heterocycles. The number of carbonyl (C=O) groups excluding carboxylic acids is 3. The summed E-state index contributed by atoms with van der Waals surface area (Å²) in [6.45, 7) is 4.53. The molecule has 182 valence electrons. The van der Waals surface area contributed by atoms with Crippen molar-refractivity contribution < 1.29 is 18.8 Å². The summed E-state index contributed by atoms with van der Waals surface area (Å²) in [6.07, 6.45) is 5.71. The normalized spacial score (nSPS) is 17.1. The number of carbonyl (C=O) groups is 3. The highest BCUT2D eigenvalue weighted by atomic mass is 16.3. The molecular formula is C26H29N5O4. The van der Waals surface area contributed by atoms with Crippen LogP contribution in [0.4, 0.5) is 0 Å². The van der Waals surface area contributed by atoms with Crippen LogP contribution in [0, 0.1) is 12.3 Å². The molecule has 4 heterocycles. The van der Waals surface area contributed by atoms with Crippen molar-refractivity contribution in [1.82, 2.24) is 24.9 Å². The Balaban J connectivity index is 1.15. The van der Waals surface area contributed by atoms with Crippen LogP contribution in [-0.2, 0) is 4.79 Å². The first-order valence-corrected chi connectivity index (χ1v) is 11.9. The van der Waals surface area contributed by atoms with Gasteiger partial charge in [-0.25, -0.2) is 4.68 Å². The van der Waals surface area contributed by atoms with Gasteiger partial charge in [-0.05, 0) is 55.9 Å². The van der Waals surface area contributed by atoms with Crippen molar-refractivity contribution in [3.63, 3.8) is 0 Å². The maximum absolute atomic E-state index is 13.3. The van der Waals surface area contributed by atoms with Crippen molar-refractivity contribution in [2.75, 3.05) is 32.7 Å². The Morgan fingerprint density at radius 1 is 1.00 bits per heavy atom. The third-order valence-corrected chi connectivity index (χ3v) is 7.29. The summed E-state index contributed by atoms with van der Waals surface area (Å²) >= 11 is 0. The molecule has 0 saturated carbocycles. The largest absolute Gasteiger partial charge is 0.459 e. The number of rotatable bonds is 5. The molecule has 0 atom stereocenters. The lowest BCUT2D eigenvalue weighted by Gasteiger charge is -2.39. The van der Waals surface area contributed by atoms with Crippen LogP contribution in [0.1, 0.15) is 45.9 Å². The number of nitrogens with zero attached hydrogens (tertiary/aromatic N) is 4. The molecule has 2 fully saturated rings. The van der Waals surface area contributed by atoms with E-state index in [0.717, 1.165) is 30.6 Å². The molecule has 3 amide bonds. The standard InChI is InChI=1S/C26H29N5O4/c1-19-21(16-28-31(19)20-6-3-2-4-7-20)25(34)30-14-11-26(18-30)9-12-29(13-10-26)23(32)17-27-24(33)22-8-5-15-35-22/h2-8,15-16H,9-14,17-18H2,1H3,(H,27,33). The van der Waals surface area contributed by atoms with Gasteiger partial charge in [0, 0.05) is 26.2 Å². The fraction of sp³-hybridized carbons (Fsp3) is 0.385. The van der Waals surface area contributed by atoms with Gasteiger partial charge in [0.15, 0.2) is 5.76 Å². The molecule has 35 heavy (non-hydrogen) atoms. The molecule has 2 aliphatic heterocycles. The van der Waals surface area contributed by atoms with Crippen LogP contribution in [0.3, 0.4) is 0 Å². The van der Waals surface area contributed by atoms with Crippen LogP contribution in [-0.4, -0.2) is 70.0 Å². The summed E-state index contributed by atoms with van der Waals surface area (Å²) in [4.78, 5) is 41.6. The third kappa shape index (κ3) is 4.58. The molecule has 0 bridgehead atoms. The van der Waals surface area contributed by atoms with Crippen molar-refractivity contribution in [2.24, 2.45) is 5.41 Å². The van der Waals surface area contributed by atoms with Crippen LogP contribution >= 0.6 is 0 Å². The Morgan fingerprint density at radius 2 is 1.71 bits per heavy atom. The molecule has 9 nitrogen and oxygen atoms in total. The second-order valence-corrected chi connectivity index (χ2v) is 9.41. The number of para-hydroxylation sites is 1. The Bertz CT molecular complexity index is 1210. The van der Waals surface area contributed by atoms with Gasteiger partial charge in [-0.3, -0.25) is 14.4 Å². The van der Waals surface area contributed by atoms with Crippen molar-refractivity contribution in [3.8, 4) is 5.69 Å². The topological polar surface area (TPSA) is 101 Å². The molecule has 5 rings (SSSR count). The molecule has 1 spiro atoms. The molecule has 1 aromatic carbocycles. The van der Waals surface area contributed by atoms with Crippen LogP contribution in [0.25, 0.3) is 5.69 Å². The fourth-order valence-electron chi connectivity index (χ4n) is 5.13. The number of furan rings is 1. The number of hydrogen-bond donors (Lipinski definition) is 1. The van der Waals surface area contributed by atoms with E-state index >= 15 is 0 Å². The summed E-state index contributed by atoms with van der Waals surface area (Å²) < 4.78 is 6.85. The quantitative estimate of drug-likeness (QED) is 0.612. The van der Waals surface area contributed by atoms with E-state index in [0.29, 0.717) is 31.7 Å². The van der Waals surface area contributed by atoms with Crippen LogP contribution < -0.4 is 5.32 Å². The number of nitrogens with one attached hydrogen (secondary N) is 1. The average Bonchev–Trinajstić information content (AvgIpc) is 3.64. The minimum atomic E-state index is -0.396. The van der Waals surface area contributed by atoms with E-state index < -0.39 is 5.91 Å². The molecule has 1 N–H and O–H groups in total. The third-order valence-electron chi connectivity index (χ3n) is 7.29. The SMILES string of the molecule is Cc1c(C(=O)N2CCC3(CCN(C(=O)CNC(=O)c4ccco4)CC3)C2)cnn1-c1ccccc1. The van der Waals surface area contributed by atoms with E-state index in [1.165, 1.54) is 6.26 Å². The van der Waals surface area contributed by atoms with Crippen LogP contribution in [0.2, 0.25) is 0 Å². The number of aromatic nitrogens is 2. The molecule has 0 aliphatic carbocycles. The van der Waals surface area contributed by atoms with Gasteiger partial charge >= 0.3 is 0 Å². The van der Waals surface area contributed by atoms with Gasteiger partial charge < -0.3 is 19.5 Å². The van der Waals surface area contributed by atoms with E-state index in [4.69, 9.17) is 4.42 Å². The lowest BCUT2D eigenvalue weighted by atomic mass is 9.78. The maximum atomic E-state index is 13.3.